The second-order valence-corrected chi connectivity index (χ2v) is 3.97. The van der Waals surface area contributed by atoms with Crippen LogP contribution in [0, 0.1) is 11.3 Å². The molecule has 0 aromatic rings. The van der Waals surface area contributed by atoms with Crippen LogP contribution in [0.2, 0.25) is 0 Å². The van der Waals surface area contributed by atoms with Gasteiger partial charge in [-0.1, -0.05) is 0 Å². The minimum Gasteiger partial charge on any atom is -0.381 e. The first-order chi connectivity index (χ1) is 6.14. The lowest BCUT2D eigenvalue weighted by molar-refractivity contribution is 0.0297. The van der Waals surface area contributed by atoms with Crippen LogP contribution >= 0.6 is 0 Å². The van der Waals surface area contributed by atoms with E-state index in [1.54, 1.807) is 7.11 Å². The van der Waals surface area contributed by atoms with E-state index in [1.807, 2.05) is 19.0 Å². The van der Waals surface area contributed by atoms with Crippen molar-refractivity contribution in [1.82, 2.24) is 4.90 Å². The summed E-state index contributed by atoms with van der Waals surface area (Å²) in [6.45, 7) is 0. The van der Waals surface area contributed by atoms with Gasteiger partial charge >= 0.3 is 0 Å². The van der Waals surface area contributed by atoms with Crippen LogP contribution in [0.5, 0.6) is 0 Å². The Hall–Kier alpha value is -0.590. The van der Waals surface area contributed by atoms with Crippen LogP contribution in [0.4, 0.5) is 0 Å². The number of ether oxygens (including phenoxy) is 1. The predicted octanol–water partition coefficient (Wildman–Crippen LogP) is 1.40. The quantitative estimate of drug-likeness (QED) is 0.647. The fourth-order valence-electron chi connectivity index (χ4n) is 1.96. The van der Waals surface area contributed by atoms with Crippen molar-refractivity contribution in [2.75, 3.05) is 21.2 Å². The summed E-state index contributed by atoms with van der Waals surface area (Å²) in [5.74, 6) is 0. The average Bonchev–Trinajstić information content (AvgIpc) is 2.17. The van der Waals surface area contributed by atoms with Crippen molar-refractivity contribution in [3.05, 3.63) is 0 Å². The van der Waals surface area contributed by atoms with E-state index < -0.39 is 0 Å². The highest BCUT2D eigenvalue weighted by molar-refractivity contribution is 5.09. The maximum atomic E-state index is 9.14. The van der Waals surface area contributed by atoms with E-state index in [4.69, 9.17) is 10.00 Å². The van der Waals surface area contributed by atoms with Gasteiger partial charge in [0.15, 0.2) is 0 Å². The third kappa shape index (κ3) is 2.01. The normalized spacial score (nSPS) is 34.5. The summed E-state index contributed by atoms with van der Waals surface area (Å²) in [6.07, 6.45) is 4.22. The van der Waals surface area contributed by atoms with Crippen LogP contribution in [0.1, 0.15) is 25.7 Å². The van der Waals surface area contributed by atoms with Gasteiger partial charge in [0.05, 0.1) is 12.2 Å². The van der Waals surface area contributed by atoms with Gasteiger partial charge in [0.2, 0.25) is 0 Å². The maximum Gasteiger partial charge on any atom is 0.108 e. The number of nitriles is 1. The molecule has 3 nitrogen and oxygen atoms in total. The van der Waals surface area contributed by atoms with Crippen LogP contribution in [0.25, 0.3) is 0 Å². The summed E-state index contributed by atoms with van der Waals surface area (Å²) in [5.41, 5.74) is -0.241. The Morgan fingerprint density at radius 3 is 2.23 bits per heavy atom. The standard InChI is InChI=1S/C10H18N2O/c1-12(2)10(8-11)6-4-9(13-3)5-7-10/h9H,4-7H2,1-3H3. The minimum absolute atomic E-state index is 0.241. The first-order valence-electron chi connectivity index (χ1n) is 4.76. The molecule has 1 saturated carbocycles. The van der Waals surface area contributed by atoms with Gasteiger partial charge in [-0.05, 0) is 39.8 Å². The molecule has 0 atom stereocenters. The largest absolute Gasteiger partial charge is 0.381 e. The first kappa shape index (κ1) is 10.5. The lowest BCUT2D eigenvalue weighted by atomic mass is 9.80. The summed E-state index contributed by atoms with van der Waals surface area (Å²) in [7, 11) is 5.71. The summed E-state index contributed by atoms with van der Waals surface area (Å²) < 4.78 is 5.28. The van der Waals surface area contributed by atoms with Crippen LogP contribution < -0.4 is 0 Å². The second kappa shape index (κ2) is 4.08. The molecular formula is C10H18N2O. The van der Waals surface area contributed by atoms with E-state index in [0.29, 0.717) is 6.10 Å². The topological polar surface area (TPSA) is 36.3 Å². The van der Waals surface area contributed by atoms with Crippen LogP contribution in [0.15, 0.2) is 0 Å². The molecule has 0 saturated heterocycles. The molecule has 0 bridgehead atoms. The Kier molecular flexibility index (Phi) is 3.29. The number of nitrogens with zero attached hydrogens (tertiary/aromatic N) is 2. The van der Waals surface area contributed by atoms with Crippen LogP contribution in [-0.4, -0.2) is 37.7 Å². The summed E-state index contributed by atoms with van der Waals surface area (Å²) in [4.78, 5) is 2.04. The van der Waals surface area contributed by atoms with Gasteiger partial charge in [-0.2, -0.15) is 5.26 Å². The molecule has 0 aromatic carbocycles. The highest BCUT2D eigenvalue weighted by Gasteiger charge is 2.37. The zero-order valence-corrected chi connectivity index (χ0v) is 8.71. The third-order valence-electron chi connectivity index (χ3n) is 3.16. The number of methoxy groups -OCH3 is 1. The molecule has 13 heavy (non-hydrogen) atoms. The summed E-state index contributed by atoms with van der Waals surface area (Å²) in [6, 6.07) is 2.43. The van der Waals surface area contributed by atoms with E-state index >= 15 is 0 Å². The Morgan fingerprint density at radius 1 is 1.38 bits per heavy atom. The van der Waals surface area contributed by atoms with E-state index in [2.05, 4.69) is 6.07 Å². The molecule has 0 aliphatic heterocycles. The van der Waals surface area contributed by atoms with Gasteiger partial charge in [-0.25, -0.2) is 0 Å². The molecule has 0 spiro atoms. The van der Waals surface area contributed by atoms with Gasteiger partial charge in [-0.15, -0.1) is 0 Å². The first-order valence-corrected chi connectivity index (χ1v) is 4.76. The predicted molar refractivity (Wildman–Crippen MR) is 51.3 cm³/mol. The van der Waals surface area contributed by atoms with Crippen molar-refractivity contribution in [3.63, 3.8) is 0 Å². The van der Waals surface area contributed by atoms with Gasteiger partial charge in [-0.3, -0.25) is 4.90 Å². The number of hydrogen-bond donors (Lipinski definition) is 0. The molecule has 1 rings (SSSR count). The SMILES string of the molecule is COC1CCC(C#N)(N(C)C)CC1. The molecule has 0 aromatic heterocycles. The summed E-state index contributed by atoms with van der Waals surface area (Å²) >= 11 is 0. The average molecular weight is 182 g/mol. The smallest absolute Gasteiger partial charge is 0.108 e. The zero-order chi connectivity index (χ0) is 9.90. The minimum atomic E-state index is -0.241. The van der Waals surface area contributed by atoms with Crippen molar-refractivity contribution in [3.8, 4) is 6.07 Å². The Labute approximate surface area is 80.3 Å². The van der Waals surface area contributed by atoms with E-state index in [9.17, 15) is 0 Å². The molecule has 1 fully saturated rings. The maximum absolute atomic E-state index is 9.14. The second-order valence-electron chi connectivity index (χ2n) is 3.97. The Morgan fingerprint density at radius 2 is 1.92 bits per heavy atom. The highest BCUT2D eigenvalue weighted by Crippen LogP contribution is 2.32. The Balaban J connectivity index is 2.60. The molecule has 0 unspecified atom stereocenters. The van der Waals surface area contributed by atoms with Crippen molar-refractivity contribution in [2.45, 2.75) is 37.3 Å². The lowest BCUT2D eigenvalue weighted by Crippen LogP contribution is -2.46. The highest BCUT2D eigenvalue weighted by atomic mass is 16.5. The zero-order valence-electron chi connectivity index (χ0n) is 8.71. The molecule has 0 heterocycles. The van der Waals surface area contributed by atoms with Crippen molar-refractivity contribution in [2.24, 2.45) is 0 Å². The van der Waals surface area contributed by atoms with E-state index in [-0.39, 0.29) is 5.54 Å². The fourth-order valence-corrected chi connectivity index (χ4v) is 1.96. The van der Waals surface area contributed by atoms with Gasteiger partial charge in [0.1, 0.15) is 5.54 Å². The monoisotopic (exact) mass is 182 g/mol. The number of hydrogen-bond acceptors (Lipinski definition) is 3. The van der Waals surface area contributed by atoms with Gasteiger partial charge in [0.25, 0.3) is 0 Å². The molecule has 1 aliphatic rings. The number of rotatable bonds is 2. The Bertz CT molecular complexity index is 199. The van der Waals surface area contributed by atoms with Gasteiger partial charge < -0.3 is 4.74 Å². The molecule has 74 valence electrons. The van der Waals surface area contributed by atoms with Crippen LogP contribution in [-0.2, 0) is 4.74 Å². The van der Waals surface area contributed by atoms with E-state index in [1.165, 1.54) is 0 Å². The van der Waals surface area contributed by atoms with Gasteiger partial charge in [0, 0.05) is 7.11 Å². The third-order valence-corrected chi connectivity index (χ3v) is 3.16. The van der Waals surface area contributed by atoms with Crippen LogP contribution in [0.3, 0.4) is 0 Å². The lowest BCUT2D eigenvalue weighted by Gasteiger charge is -2.39. The molecule has 0 amide bonds. The van der Waals surface area contributed by atoms with Crippen molar-refractivity contribution in [1.29, 1.82) is 5.26 Å². The van der Waals surface area contributed by atoms with Crippen molar-refractivity contribution < 1.29 is 4.74 Å². The van der Waals surface area contributed by atoms with E-state index in [0.717, 1.165) is 25.7 Å². The molecular weight excluding hydrogens is 164 g/mol. The summed E-state index contributed by atoms with van der Waals surface area (Å²) in [5, 5.41) is 9.14. The fraction of sp³-hybridized carbons (Fsp3) is 0.900. The van der Waals surface area contributed by atoms with Crippen molar-refractivity contribution >= 4 is 0 Å². The molecule has 1 aliphatic carbocycles. The molecule has 0 N–H and O–H groups in total. The molecule has 3 heteroatoms. The molecule has 0 radical (unpaired) electrons.